The maximum Gasteiger partial charge on any atom is 0.274 e. The van der Waals surface area contributed by atoms with Gasteiger partial charge in [-0.15, -0.1) is 0 Å². The Morgan fingerprint density at radius 3 is 2.31 bits per heavy atom. The molecule has 2 fully saturated rings. The van der Waals surface area contributed by atoms with Crippen LogP contribution in [-0.4, -0.2) is 104 Å². The van der Waals surface area contributed by atoms with Gasteiger partial charge >= 0.3 is 0 Å². The Balaban J connectivity index is 1.46. The lowest BCUT2D eigenvalue weighted by Gasteiger charge is -2.26. The SMILES string of the molecule is COCCC(NC(=O)c1cc(CN2CCOCC2)on1)C(=O)N[C@@H](Cc1ccccc1)C(=O)NC(CC(C)C)C(=O)C1(C)CO1. The number of amides is 3. The summed E-state index contributed by atoms with van der Waals surface area (Å²) in [5.41, 5.74) is -0.0584. The molecule has 1 aromatic carbocycles. The van der Waals surface area contributed by atoms with E-state index in [1.54, 1.807) is 13.0 Å². The van der Waals surface area contributed by atoms with E-state index in [2.05, 4.69) is 26.0 Å². The quantitative estimate of drug-likeness (QED) is 0.218. The molecule has 0 bridgehead atoms. The number of aromatic nitrogens is 1. The first-order chi connectivity index (χ1) is 21.6. The van der Waals surface area contributed by atoms with Gasteiger partial charge in [0, 0.05) is 39.3 Å². The van der Waals surface area contributed by atoms with Gasteiger partial charge < -0.3 is 34.7 Å². The number of epoxide rings is 1. The Hall–Kier alpha value is -3.65. The zero-order chi connectivity index (χ0) is 32.4. The Morgan fingerprint density at radius 1 is 1.00 bits per heavy atom. The molecule has 2 aliphatic rings. The fourth-order valence-corrected chi connectivity index (χ4v) is 5.14. The summed E-state index contributed by atoms with van der Waals surface area (Å²) in [7, 11) is 1.49. The van der Waals surface area contributed by atoms with Crippen LogP contribution in [0.3, 0.4) is 0 Å². The number of benzene rings is 1. The van der Waals surface area contributed by atoms with Crippen LogP contribution in [0.1, 0.15) is 55.4 Å². The van der Waals surface area contributed by atoms with Gasteiger partial charge in [0.2, 0.25) is 11.8 Å². The molecule has 3 N–H and O–H groups in total. The highest BCUT2D eigenvalue weighted by molar-refractivity contribution is 5.99. The minimum atomic E-state index is -1.03. The van der Waals surface area contributed by atoms with Gasteiger partial charge in [-0.2, -0.15) is 0 Å². The van der Waals surface area contributed by atoms with Gasteiger partial charge in [0.25, 0.3) is 5.91 Å². The molecular weight excluding hydrogens is 582 g/mol. The molecule has 0 saturated carbocycles. The van der Waals surface area contributed by atoms with E-state index in [9.17, 15) is 19.2 Å². The third kappa shape index (κ3) is 10.2. The van der Waals surface area contributed by atoms with E-state index in [1.807, 2.05) is 44.2 Å². The molecular formula is C32H45N5O8. The standard InChI is InChI=1S/C32H45N5O8/c1-21(2)16-25(28(38)32(3)20-44-32)34-30(40)26(17-22-8-6-5-7-9-22)35-29(39)24(10-13-42-4)33-31(41)27-18-23(45-36-27)19-37-11-14-43-15-12-37/h5-9,18,21,24-26H,10-17,19-20H2,1-4H3,(H,33,41)(H,34,40)(H,35,39)/t24?,25?,26-,32?/m0/s1. The molecule has 3 amide bonds. The molecule has 13 nitrogen and oxygen atoms in total. The van der Waals surface area contributed by atoms with Gasteiger partial charge in [-0.05, 0) is 31.2 Å². The highest BCUT2D eigenvalue weighted by atomic mass is 16.6. The predicted molar refractivity (Wildman–Crippen MR) is 163 cm³/mol. The van der Waals surface area contributed by atoms with Crippen LogP contribution < -0.4 is 16.0 Å². The van der Waals surface area contributed by atoms with Crippen LogP contribution in [-0.2, 0) is 41.6 Å². The Kier molecular flexibility index (Phi) is 12.2. The fraction of sp³-hybridized carbons (Fsp3) is 0.594. The Morgan fingerprint density at radius 2 is 1.67 bits per heavy atom. The number of morpholine rings is 1. The minimum absolute atomic E-state index is 0.0397. The smallest absolute Gasteiger partial charge is 0.274 e. The van der Waals surface area contributed by atoms with Crippen molar-refractivity contribution in [3.05, 3.63) is 53.4 Å². The van der Waals surface area contributed by atoms with Crippen LogP contribution in [0.15, 0.2) is 40.9 Å². The number of ether oxygens (including phenoxy) is 3. The van der Waals surface area contributed by atoms with Gasteiger partial charge in [0.1, 0.15) is 17.7 Å². The van der Waals surface area contributed by atoms with Crippen molar-refractivity contribution in [2.24, 2.45) is 5.92 Å². The molecule has 2 aromatic rings. The van der Waals surface area contributed by atoms with Gasteiger partial charge in [-0.1, -0.05) is 49.3 Å². The fourth-order valence-electron chi connectivity index (χ4n) is 5.14. The molecule has 0 spiro atoms. The first kappa shape index (κ1) is 34.2. The van der Waals surface area contributed by atoms with Crippen molar-refractivity contribution in [3.63, 3.8) is 0 Å². The largest absolute Gasteiger partial charge is 0.385 e. The number of carbonyl (C=O) groups excluding carboxylic acids is 4. The van der Waals surface area contributed by atoms with E-state index in [0.29, 0.717) is 38.5 Å². The molecule has 0 radical (unpaired) electrons. The van der Waals surface area contributed by atoms with E-state index in [0.717, 1.165) is 18.7 Å². The lowest BCUT2D eigenvalue weighted by Crippen LogP contribution is -2.57. The second-order valence-corrected chi connectivity index (χ2v) is 12.2. The molecule has 246 valence electrons. The monoisotopic (exact) mass is 627 g/mol. The molecule has 13 heteroatoms. The summed E-state index contributed by atoms with van der Waals surface area (Å²) in [5, 5.41) is 12.3. The number of ketones is 1. The minimum Gasteiger partial charge on any atom is -0.385 e. The maximum absolute atomic E-state index is 13.7. The first-order valence-corrected chi connectivity index (χ1v) is 15.5. The van der Waals surface area contributed by atoms with E-state index in [-0.39, 0.29) is 36.8 Å². The maximum atomic E-state index is 13.7. The van der Waals surface area contributed by atoms with Crippen LogP contribution in [0.4, 0.5) is 0 Å². The summed E-state index contributed by atoms with van der Waals surface area (Å²) >= 11 is 0. The van der Waals surface area contributed by atoms with Crippen molar-refractivity contribution in [2.45, 2.75) is 70.3 Å². The Labute approximate surface area is 263 Å². The number of nitrogens with one attached hydrogen (secondary N) is 3. The lowest BCUT2D eigenvalue weighted by atomic mass is 9.93. The van der Waals surface area contributed by atoms with E-state index in [1.165, 1.54) is 7.11 Å². The highest BCUT2D eigenvalue weighted by Gasteiger charge is 2.50. The lowest BCUT2D eigenvalue weighted by molar-refractivity contribution is -0.133. The van der Waals surface area contributed by atoms with Gasteiger partial charge in [0.05, 0.1) is 32.4 Å². The van der Waals surface area contributed by atoms with Crippen molar-refractivity contribution in [1.29, 1.82) is 0 Å². The molecule has 3 heterocycles. The molecule has 45 heavy (non-hydrogen) atoms. The zero-order valence-corrected chi connectivity index (χ0v) is 26.5. The first-order valence-electron chi connectivity index (χ1n) is 15.5. The van der Waals surface area contributed by atoms with E-state index < -0.39 is 41.4 Å². The third-order valence-electron chi connectivity index (χ3n) is 7.86. The molecule has 0 aliphatic carbocycles. The second kappa shape index (κ2) is 16.1. The summed E-state index contributed by atoms with van der Waals surface area (Å²) in [6.45, 7) is 9.37. The van der Waals surface area contributed by atoms with Crippen molar-refractivity contribution in [1.82, 2.24) is 26.0 Å². The van der Waals surface area contributed by atoms with Crippen LogP contribution in [0.5, 0.6) is 0 Å². The number of methoxy groups -OCH3 is 1. The molecule has 1 aromatic heterocycles. The number of carbonyl (C=O) groups is 4. The van der Waals surface area contributed by atoms with Gasteiger partial charge in [-0.3, -0.25) is 24.1 Å². The highest BCUT2D eigenvalue weighted by Crippen LogP contribution is 2.29. The third-order valence-corrected chi connectivity index (χ3v) is 7.86. The molecule has 4 rings (SSSR count). The summed E-state index contributed by atoms with van der Waals surface area (Å²) in [6, 6.07) is 7.97. The molecule has 4 atom stereocenters. The van der Waals surface area contributed by atoms with Crippen molar-refractivity contribution in [2.75, 3.05) is 46.6 Å². The number of Topliss-reactive ketones (excluding diaryl/α,β-unsaturated/α-hetero) is 1. The van der Waals surface area contributed by atoms with Gasteiger partial charge in [0.15, 0.2) is 17.2 Å². The summed E-state index contributed by atoms with van der Waals surface area (Å²) < 4.78 is 21.3. The summed E-state index contributed by atoms with van der Waals surface area (Å²) in [4.78, 5) is 55.8. The number of nitrogens with zero attached hydrogens (tertiary/aromatic N) is 2. The van der Waals surface area contributed by atoms with Crippen LogP contribution in [0.25, 0.3) is 0 Å². The topological polar surface area (TPSA) is 165 Å². The summed E-state index contributed by atoms with van der Waals surface area (Å²) in [5.74, 6) is -1.21. The Bertz CT molecular complexity index is 1290. The molecule has 2 saturated heterocycles. The number of hydrogen-bond donors (Lipinski definition) is 3. The van der Waals surface area contributed by atoms with Crippen molar-refractivity contribution in [3.8, 4) is 0 Å². The second-order valence-electron chi connectivity index (χ2n) is 12.2. The zero-order valence-electron chi connectivity index (χ0n) is 26.5. The van der Waals surface area contributed by atoms with Crippen LogP contribution >= 0.6 is 0 Å². The van der Waals surface area contributed by atoms with Gasteiger partial charge in [-0.25, -0.2) is 0 Å². The van der Waals surface area contributed by atoms with E-state index in [4.69, 9.17) is 18.7 Å². The van der Waals surface area contributed by atoms with Crippen LogP contribution in [0.2, 0.25) is 0 Å². The average molecular weight is 628 g/mol. The number of rotatable bonds is 17. The summed E-state index contributed by atoms with van der Waals surface area (Å²) in [6.07, 6.45) is 0.748. The van der Waals surface area contributed by atoms with Crippen molar-refractivity contribution >= 4 is 23.5 Å². The predicted octanol–water partition coefficient (Wildman–Crippen LogP) is 1.26. The normalized spacial score (nSPS) is 20.2. The molecule has 2 aliphatic heterocycles. The number of hydrogen-bond acceptors (Lipinski definition) is 10. The van der Waals surface area contributed by atoms with Crippen LogP contribution in [0, 0.1) is 5.92 Å². The molecule has 3 unspecified atom stereocenters. The van der Waals surface area contributed by atoms with E-state index >= 15 is 0 Å². The average Bonchev–Trinajstić information content (AvgIpc) is 3.61. The van der Waals surface area contributed by atoms with Crippen molar-refractivity contribution < 1.29 is 37.9 Å².